The number of nitrogens with zero attached hydrogens (tertiary/aromatic N) is 1. The molecule has 1 atom stereocenters. The number of halogens is 2. The number of carbonyl (C=O) groups excluding carboxylic acids is 2. The lowest BCUT2D eigenvalue weighted by Crippen LogP contribution is -2.41. The lowest BCUT2D eigenvalue weighted by molar-refractivity contribution is -0.136. The van der Waals surface area contributed by atoms with E-state index in [-0.39, 0.29) is 22.9 Å². The number of carbonyl (C=O) groups is 2. The van der Waals surface area contributed by atoms with Crippen LogP contribution in [-0.4, -0.2) is 16.8 Å². The van der Waals surface area contributed by atoms with Crippen molar-refractivity contribution >= 4 is 29.0 Å². The van der Waals surface area contributed by atoms with Crippen molar-refractivity contribution in [2.24, 2.45) is 0 Å². The summed E-state index contributed by atoms with van der Waals surface area (Å²) in [5.41, 5.74) is 2.00. The topological polar surface area (TPSA) is 57.6 Å². The van der Waals surface area contributed by atoms with E-state index in [1.165, 1.54) is 17.0 Å². The Morgan fingerprint density at radius 3 is 2.38 bits per heavy atom. The Balaban J connectivity index is 1.74. The second kappa shape index (κ2) is 8.15. The van der Waals surface area contributed by atoms with Crippen molar-refractivity contribution < 1.29 is 19.1 Å². The van der Waals surface area contributed by atoms with Gasteiger partial charge >= 0.3 is 0 Å². The maximum atomic E-state index is 14.4. The molecule has 4 nitrogen and oxygen atoms in total. The number of Topliss-reactive ketones (excluding diaryl/α,β-unsaturated/α-hetero) is 1. The highest BCUT2D eigenvalue weighted by atomic mass is 35.5. The molecule has 0 spiro atoms. The second-order valence-corrected chi connectivity index (χ2v) is 8.75. The fourth-order valence-corrected chi connectivity index (χ4v) is 4.84. The zero-order valence-corrected chi connectivity index (χ0v) is 18.8. The van der Waals surface area contributed by atoms with Gasteiger partial charge in [-0.1, -0.05) is 53.6 Å². The molecule has 3 aromatic rings. The number of fused-ring (bicyclic) bond motifs is 1. The third-order valence-corrected chi connectivity index (χ3v) is 6.34. The fourth-order valence-electron chi connectivity index (χ4n) is 4.62. The van der Waals surface area contributed by atoms with Crippen LogP contribution in [0.3, 0.4) is 0 Å². The van der Waals surface area contributed by atoms with E-state index in [0.717, 1.165) is 16.7 Å². The number of anilines is 1. The van der Waals surface area contributed by atoms with Crippen LogP contribution in [0, 0.1) is 26.6 Å². The molecule has 0 saturated carbocycles. The standard InChI is InChI=1S/C26H23ClFNO3/c1-15-11-16(2)24(17(3)12-15)23(30)13-26(32)19-7-4-5-10-22(19)29(25(26)31)14-18-20(27)8-6-9-21(18)28/h4-12,32H,13-14H2,1-3H3. The number of aryl methyl sites for hydroxylation is 3. The number of amides is 1. The molecule has 32 heavy (non-hydrogen) atoms. The molecule has 4 rings (SSSR count). The fraction of sp³-hybridized carbons (Fsp3) is 0.231. The monoisotopic (exact) mass is 451 g/mol. The van der Waals surface area contributed by atoms with E-state index in [2.05, 4.69) is 0 Å². The lowest BCUT2D eigenvalue weighted by atomic mass is 9.85. The summed E-state index contributed by atoms with van der Waals surface area (Å²) in [7, 11) is 0. The molecule has 0 aromatic heterocycles. The molecule has 1 aliphatic rings. The van der Waals surface area contributed by atoms with Crippen LogP contribution in [0.2, 0.25) is 5.02 Å². The molecule has 1 amide bonds. The number of para-hydroxylation sites is 1. The van der Waals surface area contributed by atoms with Crippen LogP contribution in [0.15, 0.2) is 54.6 Å². The van der Waals surface area contributed by atoms with Crippen LogP contribution in [0.1, 0.15) is 44.6 Å². The molecule has 164 valence electrons. The van der Waals surface area contributed by atoms with Gasteiger partial charge in [-0.05, 0) is 50.1 Å². The quantitative estimate of drug-likeness (QED) is 0.527. The van der Waals surface area contributed by atoms with Gasteiger partial charge in [0, 0.05) is 21.7 Å². The summed E-state index contributed by atoms with van der Waals surface area (Å²) in [6.07, 6.45) is -0.408. The van der Waals surface area contributed by atoms with Gasteiger partial charge < -0.3 is 10.0 Å². The summed E-state index contributed by atoms with van der Waals surface area (Å²) < 4.78 is 14.4. The number of aliphatic hydroxyl groups is 1. The summed E-state index contributed by atoms with van der Waals surface area (Å²) in [5.74, 6) is -1.54. The lowest BCUT2D eigenvalue weighted by Gasteiger charge is -2.24. The minimum atomic E-state index is -2.05. The molecule has 3 aromatic carbocycles. The van der Waals surface area contributed by atoms with Crippen LogP contribution in [0.4, 0.5) is 10.1 Å². The summed E-state index contributed by atoms with van der Waals surface area (Å²) in [6, 6.07) is 14.8. The number of benzene rings is 3. The Labute approximate surface area is 191 Å². The highest BCUT2D eigenvalue weighted by Gasteiger charge is 2.51. The Kier molecular flexibility index (Phi) is 5.65. The molecular formula is C26H23ClFNO3. The average Bonchev–Trinajstić information content (AvgIpc) is 2.91. The summed E-state index contributed by atoms with van der Waals surface area (Å²) >= 11 is 6.17. The summed E-state index contributed by atoms with van der Waals surface area (Å²) in [5, 5.41) is 11.7. The van der Waals surface area contributed by atoms with E-state index >= 15 is 0 Å². The number of hydrogen-bond acceptors (Lipinski definition) is 3. The molecule has 6 heteroatoms. The highest BCUT2D eigenvalue weighted by molar-refractivity contribution is 6.31. The van der Waals surface area contributed by atoms with E-state index in [1.54, 1.807) is 30.3 Å². The van der Waals surface area contributed by atoms with Crippen molar-refractivity contribution in [3.05, 3.63) is 98.8 Å². The maximum Gasteiger partial charge on any atom is 0.264 e. The molecule has 0 radical (unpaired) electrons. The van der Waals surface area contributed by atoms with Crippen LogP contribution >= 0.6 is 11.6 Å². The Morgan fingerprint density at radius 2 is 1.72 bits per heavy atom. The molecule has 0 aliphatic carbocycles. The first-order chi connectivity index (χ1) is 15.1. The van der Waals surface area contributed by atoms with E-state index in [4.69, 9.17) is 11.6 Å². The Hall–Kier alpha value is -3.02. The van der Waals surface area contributed by atoms with Gasteiger partial charge in [-0.2, -0.15) is 0 Å². The first kappa shape index (κ1) is 22.2. The number of rotatable bonds is 5. The van der Waals surface area contributed by atoms with Gasteiger partial charge in [0.15, 0.2) is 11.4 Å². The van der Waals surface area contributed by atoms with Crippen molar-refractivity contribution in [1.29, 1.82) is 0 Å². The second-order valence-electron chi connectivity index (χ2n) is 8.34. The van der Waals surface area contributed by atoms with Crippen LogP contribution in [0.25, 0.3) is 0 Å². The highest BCUT2D eigenvalue weighted by Crippen LogP contribution is 2.44. The average molecular weight is 452 g/mol. The first-order valence-corrected chi connectivity index (χ1v) is 10.7. The molecule has 0 bridgehead atoms. The van der Waals surface area contributed by atoms with Gasteiger partial charge in [-0.15, -0.1) is 0 Å². The van der Waals surface area contributed by atoms with Gasteiger partial charge in [-0.3, -0.25) is 9.59 Å². The third kappa shape index (κ3) is 3.61. The summed E-state index contributed by atoms with van der Waals surface area (Å²) in [4.78, 5) is 28.0. The van der Waals surface area contributed by atoms with Crippen molar-refractivity contribution in [2.45, 2.75) is 39.3 Å². The van der Waals surface area contributed by atoms with Gasteiger partial charge in [-0.25, -0.2) is 4.39 Å². The minimum absolute atomic E-state index is 0.151. The molecule has 0 saturated heterocycles. The van der Waals surface area contributed by atoms with Crippen LogP contribution < -0.4 is 4.90 Å². The minimum Gasteiger partial charge on any atom is -0.375 e. The van der Waals surface area contributed by atoms with Crippen LogP contribution in [0.5, 0.6) is 0 Å². The zero-order chi connectivity index (χ0) is 23.2. The Morgan fingerprint density at radius 1 is 1.06 bits per heavy atom. The molecule has 1 aliphatic heterocycles. The van der Waals surface area contributed by atoms with E-state index in [0.29, 0.717) is 16.8 Å². The van der Waals surface area contributed by atoms with Crippen molar-refractivity contribution in [2.75, 3.05) is 4.90 Å². The van der Waals surface area contributed by atoms with Crippen molar-refractivity contribution in [3.63, 3.8) is 0 Å². The largest absolute Gasteiger partial charge is 0.375 e. The predicted molar refractivity (Wildman–Crippen MR) is 123 cm³/mol. The number of ketones is 1. The normalized spacial score (nSPS) is 17.6. The maximum absolute atomic E-state index is 14.4. The molecule has 1 N–H and O–H groups in total. The van der Waals surface area contributed by atoms with Crippen molar-refractivity contribution in [1.82, 2.24) is 0 Å². The summed E-state index contributed by atoms with van der Waals surface area (Å²) in [6.45, 7) is 5.48. The van der Waals surface area contributed by atoms with Gasteiger partial charge in [0.05, 0.1) is 18.7 Å². The number of hydrogen-bond donors (Lipinski definition) is 1. The molecule has 0 fully saturated rings. The first-order valence-electron chi connectivity index (χ1n) is 10.3. The van der Waals surface area contributed by atoms with E-state index in [1.807, 2.05) is 32.9 Å². The predicted octanol–water partition coefficient (Wildman–Crippen LogP) is 5.41. The molecular weight excluding hydrogens is 429 g/mol. The van der Waals surface area contributed by atoms with Crippen molar-refractivity contribution in [3.8, 4) is 0 Å². The third-order valence-electron chi connectivity index (χ3n) is 5.99. The van der Waals surface area contributed by atoms with Gasteiger partial charge in [0.1, 0.15) is 5.82 Å². The Bertz CT molecular complexity index is 1210. The zero-order valence-electron chi connectivity index (χ0n) is 18.1. The SMILES string of the molecule is Cc1cc(C)c(C(=O)CC2(O)C(=O)N(Cc3c(F)cccc3Cl)c3ccccc32)c(C)c1. The van der Waals surface area contributed by atoms with Gasteiger partial charge in [0.2, 0.25) is 0 Å². The molecule has 1 unspecified atom stereocenters. The molecule has 1 heterocycles. The van der Waals surface area contributed by atoms with E-state index < -0.39 is 23.7 Å². The smallest absolute Gasteiger partial charge is 0.264 e. The van der Waals surface area contributed by atoms with E-state index in [9.17, 15) is 19.1 Å². The van der Waals surface area contributed by atoms with Gasteiger partial charge in [0.25, 0.3) is 5.91 Å². The van der Waals surface area contributed by atoms with Crippen LogP contribution in [-0.2, 0) is 16.9 Å².